The Morgan fingerprint density at radius 3 is 2.18 bits per heavy atom. The zero-order valence-corrected chi connectivity index (χ0v) is 22.9. The molecule has 0 aliphatic heterocycles. The van der Waals surface area contributed by atoms with Gasteiger partial charge in [0.2, 0.25) is 0 Å². The zero-order valence-electron chi connectivity index (χ0n) is 21.1. The number of hydrogen-bond acceptors (Lipinski definition) is 4. The average molecular weight is 589 g/mol. The van der Waals surface area contributed by atoms with Crippen LogP contribution in [0.15, 0.2) is 72.8 Å². The summed E-state index contributed by atoms with van der Waals surface area (Å²) < 4.78 is 49.9. The molecule has 38 heavy (non-hydrogen) atoms. The van der Waals surface area contributed by atoms with E-state index in [-0.39, 0.29) is 21.4 Å². The van der Waals surface area contributed by atoms with Crippen molar-refractivity contribution < 1.29 is 37.3 Å². The first kappa shape index (κ1) is 29.3. The van der Waals surface area contributed by atoms with E-state index in [0.717, 1.165) is 23.3 Å². The number of hydrogen-bond donors (Lipinski definition) is 1. The van der Waals surface area contributed by atoms with Crippen LogP contribution in [0.1, 0.15) is 52.0 Å². The first-order chi connectivity index (χ1) is 18.0. The maximum absolute atomic E-state index is 12.9. The first-order valence-electron chi connectivity index (χ1n) is 12.1. The van der Waals surface area contributed by atoms with Crippen molar-refractivity contribution in [2.75, 3.05) is 13.2 Å². The van der Waals surface area contributed by atoms with E-state index in [1.54, 1.807) is 30.3 Å². The van der Waals surface area contributed by atoms with Crippen molar-refractivity contribution in [1.82, 2.24) is 0 Å². The fraction of sp³-hybridized carbons (Fsp3) is 0.310. The fourth-order valence-corrected chi connectivity index (χ4v) is 6.56. The molecule has 0 bridgehead atoms. The van der Waals surface area contributed by atoms with E-state index in [9.17, 15) is 27.9 Å². The van der Waals surface area contributed by atoms with Crippen molar-refractivity contribution in [1.29, 1.82) is 0 Å². The molecule has 0 heterocycles. The van der Waals surface area contributed by atoms with Crippen molar-refractivity contribution in [3.63, 3.8) is 0 Å². The summed E-state index contributed by atoms with van der Waals surface area (Å²) in [5.41, 5.74) is 1.12. The van der Waals surface area contributed by atoms with Gasteiger partial charge in [0.25, 0.3) is 0 Å². The summed E-state index contributed by atoms with van der Waals surface area (Å²) in [4.78, 5) is 24.0. The summed E-state index contributed by atoms with van der Waals surface area (Å²) >= 11 is -0.827. The van der Waals surface area contributed by atoms with Gasteiger partial charge in [-0.05, 0) is 6.07 Å². The first-order valence-corrected chi connectivity index (χ1v) is 14.1. The van der Waals surface area contributed by atoms with Gasteiger partial charge in [0.1, 0.15) is 0 Å². The molecule has 0 fully saturated rings. The Morgan fingerprint density at radius 2 is 1.58 bits per heavy atom. The topological polar surface area (TPSA) is 72.8 Å². The Hall–Kier alpha value is -3.25. The molecular weight excluding hydrogens is 560 g/mol. The van der Waals surface area contributed by atoms with E-state index < -0.39 is 33.5 Å². The molecule has 0 aliphatic rings. The van der Waals surface area contributed by atoms with Crippen molar-refractivity contribution in [3.8, 4) is 11.5 Å². The third-order valence-corrected chi connectivity index (χ3v) is 8.27. The summed E-state index contributed by atoms with van der Waals surface area (Å²) in [5, 5.41) is 9.23. The Labute approximate surface area is 226 Å². The van der Waals surface area contributed by atoms with Crippen LogP contribution in [0.4, 0.5) is 13.2 Å². The van der Waals surface area contributed by atoms with Crippen molar-refractivity contribution in [2.45, 2.75) is 37.6 Å². The van der Waals surface area contributed by atoms with Crippen LogP contribution in [-0.4, -0.2) is 44.6 Å². The molecule has 0 aliphatic carbocycles. The van der Waals surface area contributed by atoms with Crippen LogP contribution in [0.25, 0.3) is 0 Å². The third-order valence-electron chi connectivity index (χ3n) is 5.67. The molecule has 3 rings (SSSR count). The van der Waals surface area contributed by atoms with Gasteiger partial charge in [0.05, 0.1) is 0 Å². The Balaban J connectivity index is 1.50. The predicted octanol–water partition coefficient (Wildman–Crippen LogP) is 6.42. The summed E-state index contributed by atoms with van der Waals surface area (Å²) in [7, 11) is 0. The summed E-state index contributed by atoms with van der Waals surface area (Å²) in [6.07, 6.45) is -3.12. The minimum atomic E-state index is -4.39. The number of carboxylic acids is 1. The van der Waals surface area contributed by atoms with E-state index >= 15 is 0 Å². The van der Waals surface area contributed by atoms with E-state index in [2.05, 4.69) is 0 Å². The molecule has 3 aromatic carbocycles. The quantitative estimate of drug-likeness (QED) is 0.233. The van der Waals surface area contributed by atoms with Crippen molar-refractivity contribution >= 4 is 26.3 Å². The number of para-hydroxylation sites is 1. The van der Waals surface area contributed by atoms with Gasteiger partial charge in [0, 0.05) is 0 Å². The molecule has 0 spiro atoms. The van der Waals surface area contributed by atoms with Gasteiger partial charge in [-0.2, -0.15) is 0 Å². The van der Waals surface area contributed by atoms with E-state index in [1.807, 2.05) is 26.0 Å². The van der Waals surface area contributed by atoms with Gasteiger partial charge >= 0.3 is 199 Å². The van der Waals surface area contributed by atoms with E-state index in [0.29, 0.717) is 36.9 Å². The van der Waals surface area contributed by atoms with E-state index in [4.69, 9.17) is 9.47 Å². The molecule has 1 atom stereocenters. The number of alkyl halides is 3. The molecule has 0 saturated heterocycles. The number of aromatic carboxylic acids is 1. The number of ether oxygens (including phenoxy) is 2. The Kier molecular flexibility index (Phi) is 10.4. The summed E-state index contributed by atoms with van der Waals surface area (Å²) in [6, 6.07) is 18.8. The summed E-state index contributed by atoms with van der Waals surface area (Å²) in [6.45, 7) is 4.25. The number of carbonyl (C=O) groups is 2. The molecule has 0 aromatic heterocycles. The minimum absolute atomic E-state index is 0.0404. The second kappa shape index (κ2) is 13.5. The monoisotopic (exact) mass is 589 g/mol. The zero-order chi connectivity index (χ0) is 27.7. The molecule has 3 aromatic rings. The number of benzene rings is 3. The van der Waals surface area contributed by atoms with Crippen LogP contribution in [0.3, 0.4) is 0 Å². The number of halogens is 3. The predicted molar refractivity (Wildman–Crippen MR) is 139 cm³/mol. The van der Waals surface area contributed by atoms with Crippen LogP contribution in [0.2, 0.25) is 0 Å². The van der Waals surface area contributed by atoms with Crippen LogP contribution in [0.5, 0.6) is 11.5 Å². The van der Waals surface area contributed by atoms with Crippen LogP contribution >= 0.6 is 0 Å². The Morgan fingerprint density at radius 1 is 0.921 bits per heavy atom. The molecular formula is C29H29AsF3O5. The molecule has 1 radical (unpaired) electrons. The molecule has 5 nitrogen and oxygen atoms in total. The van der Waals surface area contributed by atoms with Gasteiger partial charge in [-0.15, -0.1) is 0 Å². The van der Waals surface area contributed by atoms with E-state index in [1.165, 1.54) is 18.2 Å². The summed E-state index contributed by atoms with van der Waals surface area (Å²) in [5.74, 6) is 0.0952. The number of carbonyl (C=O) groups excluding carboxylic acids is 1. The van der Waals surface area contributed by atoms with Crippen LogP contribution in [-0.2, 0) is 17.4 Å². The molecule has 201 valence electrons. The van der Waals surface area contributed by atoms with Gasteiger partial charge in [-0.1, -0.05) is 12.1 Å². The molecule has 1 N–H and O–H groups in total. The second-order valence-electron chi connectivity index (χ2n) is 9.12. The van der Waals surface area contributed by atoms with Crippen molar-refractivity contribution in [3.05, 3.63) is 95.1 Å². The van der Waals surface area contributed by atoms with Gasteiger partial charge in [-0.25, -0.2) is 4.79 Å². The van der Waals surface area contributed by atoms with Crippen LogP contribution < -0.4 is 9.47 Å². The Bertz CT molecular complexity index is 1210. The number of carboxylic acid groups (broad SMARTS) is 1. The normalized spacial score (nSPS) is 12.6. The van der Waals surface area contributed by atoms with Gasteiger partial charge in [-0.3, -0.25) is 0 Å². The van der Waals surface area contributed by atoms with Crippen molar-refractivity contribution in [2.24, 2.45) is 5.92 Å². The van der Waals surface area contributed by atoms with Gasteiger partial charge in [0.15, 0.2) is 0 Å². The van der Waals surface area contributed by atoms with Gasteiger partial charge < -0.3 is 5.11 Å². The molecule has 0 amide bonds. The van der Waals surface area contributed by atoms with Crippen LogP contribution in [0, 0.1) is 5.92 Å². The molecule has 9 heteroatoms. The third kappa shape index (κ3) is 8.94. The SMILES string of the molecule is CC(C)CC([As]C(=O)COc1ccc(CCOc2ccccc2C(=O)O)cc1)c1ccc(C(F)(F)F)cc1. The maximum atomic E-state index is 12.9. The average Bonchev–Trinajstić information content (AvgIpc) is 2.87. The molecule has 1 unspecified atom stereocenters. The number of rotatable bonds is 13. The molecule has 0 saturated carbocycles. The second-order valence-corrected chi connectivity index (χ2v) is 12.0. The standard InChI is InChI=1S/C29H29AsF3O5/c1-19(2)17-25(21-9-11-22(12-10-21)29(31,32)33)30-27(34)18-38-23-13-7-20(8-14-23)15-16-37-26-6-4-3-5-24(26)28(35)36/h3-14,19,25H,15-18H2,1-2H3,(H,35,36). The fourth-order valence-electron chi connectivity index (χ4n) is 3.76.